The fourth-order valence-electron chi connectivity index (χ4n) is 2.41. The van der Waals surface area contributed by atoms with E-state index in [0.717, 1.165) is 0 Å². The van der Waals surface area contributed by atoms with Crippen molar-refractivity contribution in [2.45, 2.75) is 29.7 Å². The molecule has 1 saturated heterocycles. The van der Waals surface area contributed by atoms with Crippen molar-refractivity contribution in [1.82, 2.24) is 19.5 Å². The number of imidazole rings is 1. The molecule has 0 saturated carbocycles. The van der Waals surface area contributed by atoms with Gasteiger partial charge in [0.15, 0.2) is 22.8 Å². The van der Waals surface area contributed by atoms with E-state index in [4.69, 9.17) is 10.5 Å². The number of nitrogen functional groups attached to an aromatic ring is 1. The molecule has 5 N–H and O–H groups in total. The van der Waals surface area contributed by atoms with Crippen LogP contribution in [0, 0.1) is 0 Å². The highest BCUT2D eigenvalue weighted by Crippen LogP contribution is 2.32. The van der Waals surface area contributed by atoms with Crippen molar-refractivity contribution in [3.63, 3.8) is 0 Å². The van der Waals surface area contributed by atoms with Crippen molar-refractivity contribution < 1.29 is 20.1 Å². The summed E-state index contributed by atoms with van der Waals surface area (Å²) in [4.78, 5) is 12.7. The maximum atomic E-state index is 10.1. The minimum absolute atomic E-state index is 0.215. The van der Waals surface area contributed by atoms with E-state index in [-0.39, 0.29) is 5.82 Å². The van der Waals surface area contributed by atoms with Crippen LogP contribution in [0.2, 0.25) is 0 Å². The molecule has 0 amide bonds. The van der Waals surface area contributed by atoms with Gasteiger partial charge in [0.2, 0.25) is 0 Å². The number of anilines is 1. The SMILES string of the molecule is C=CCSc1nc(N)c2ncn([C@@H]3O[C@H](CO)[C@@H](O)[C@H]3O)c2n1. The molecule has 3 rings (SSSR count). The molecule has 0 aromatic carbocycles. The molecule has 124 valence electrons. The molecule has 3 heterocycles. The zero-order valence-electron chi connectivity index (χ0n) is 12.1. The van der Waals surface area contributed by atoms with Gasteiger partial charge in [-0.25, -0.2) is 15.0 Å². The Morgan fingerprint density at radius 1 is 1.39 bits per heavy atom. The van der Waals surface area contributed by atoms with Gasteiger partial charge >= 0.3 is 0 Å². The minimum atomic E-state index is -1.22. The first-order chi connectivity index (χ1) is 11.1. The second-order valence-electron chi connectivity index (χ2n) is 5.04. The minimum Gasteiger partial charge on any atom is -0.394 e. The Hall–Kier alpha value is -1.72. The van der Waals surface area contributed by atoms with Crippen LogP contribution in [0.25, 0.3) is 11.2 Å². The smallest absolute Gasteiger partial charge is 0.191 e. The Labute approximate surface area is 135 Å². The standard InChI is InChI=1S/C13H17N5O4S/c1-2-3-23-13-16-10(14)7-11(17-13)18(5-15-7)12-9(21)8(20)6(4-19)22-12/h2,5-6,8-9,12,19-21H,1,3-4H2,(H2,14,16,17)/t6-,8-,9-,12-/m1/s1. The monoisotopic (exact) mass is 339 g/mol. The summed E-state index contributed by atoms with van der Waals surface area (Å²) in [6.45, 7) is 3.23. The maximum absolute atomic E-state index is 10.1. The van der Waals surface area contributed by atoms with E-state index in [0.29, 0.717) is 22.1 Å². The molecule has 1 aliphatic heterocycles. The van der Waals surface area contributed by atoms with E-state index in [1.807, 2.05) is 0 Å². The Kier molecular flexibility index (Phi) is 4.50. The van der Waals surface area contributed by atoms with Crippen LogP contribution in [-0.4, -0.2) is 65.5 Å². The second-order valence-corrected chi connectivity index (χ2v) is 6.03. The molecular formula is C13H17N5O4S. The lowest BCUT2D eigenvalue weighted by Crippen LogP contribution is -2.33. The van der Waals surface area contributed by atoms with Crippen LogP contribution in [0.1, 0.15) is 6.23 Å². The number of aliphatic hydroxyl groups excluding tert-OH is 3. The molecule has 0 spiro atoms. The molecule has 1 aliphatic rings. The van der Waals surface area contributed by atoms with Gasteiger partial charge in [0.25, 0.3) is 0 Å². The van der Waals surface area contributed by atoms with Crippen molar-refractivity contribution in [3.05, 3.63) is 19.0 Å². The van der Waals surface area contributed by atoms with E-state index in [9.17, 15) is 15.3 Å². The van der Waals surface area contributed by atoms with Gasteiger partial charge < -0.3 is 25.8 Å². The number of rotatable bonds is 5. The number of hydrogen-bond donors (Lipinski definition) is 4. The van der Waals surface area contributed by atoms with Crippen molar-refractivity contribution in [2.24, 2.45) is 0 Å². The lowest BCUT2D eigenvalue weighted by molar-refractivity contribution is -0.0511. The highest BCUT2D eigenvalue weighted by Gasteiger charge is 2.44. The number of thioether (sulfide) groups is 1. The van der Waals surface area contributed by atoms with Gasteiger partial charge in [-0.2, -0.15) is 0 Å². The summed E-state index contributed by atoms with van der Waals surface area (Å²) in [6, 6.07) is 0. The molecule has 23 heavy (non-hydrogen) atoms. The molecule has 2 aromatic rings. The van der Waals surface area contributed by atoms with Crippen LogP contribution < -0.4 is 5.73 Å². The Balaban J connectivity index is 2.01. The van der Waals surface area contributed by atoms with E-state index < -0.39 is 31.1 Å². The predicted molar refractivity (Wildman–Crippen MR) is 83.7 cm³/mol. The first-order valence-electron chi connectivity index (χ1n) is 6.93. The summed E-state index contributed by atoms with van der Waals surface area (Å²) >= 11 is 1.36. The number of nitrogens with two attached hydrogens (primary N) is 1. The average Bonchev–Trinajstić information content (AvgIpc) is 3.08. The van der Waals surface area contributed by atoms with Gasteiger partial charge in [-0.05, 0) is 0 Å². The lowest BCUT2D eigenvalue weighted by Gasteiger charge is -2.16. The van der Waals surface area contributed by atoms with E-state index >= 15 is 0 Å². The van der Waals surface area contributed by atoms with Gasteiger partial charge in [0, 0.05) is 5.75 Å². The topological polar surface area (TPSA) is 140 Å². The summed E-state index contributed by atoms with van der Waals surface area (Å²) < 4.78 is 6.98. The number of fused-ring (bicyclic) bond motifs is 1. The molecule has 9 nitrogen and oxygen atoms in total. The van der Waals surface area contributed by atoms with Crippen molar-refractivity contribution >= 4 is 28.7 Å². The third kappa shape index (κ3) is 2.79. The van der Waals surface area contributed by atoms with Crippen molar-refractivity contribution in [1.29, 1.82) is 0 Å². The molecule has 2 aromatic heterocycles. The quantitative estimate of drug-likeness (QED) is 0.316. The van der Waals surface area contributed by atoms with E-state index in [2.05, 4.69) is 21.5 Å². The van der Waals surface area contributed by atoms with Crippen LogP contribution >= 0.6 is 11.8 Å². The van der Waals surface area contributed by atoms with Crippen molar-refractivity contribution in [3.8, 4) is 0 Å². The summed E-state index contributed by atoms with van der Waals surface area (Å²) in [5.74, 6) is 0.833. The fraction of sp³-hybridized carbons (Fsp3) is 0.462. The second kappa shape index (κ2) is 6.42. The van der Waals surface area contributed by atoms with E-state index in [1.165, 1.54) is 22.7 Å². The maximum Gasteiger partial charge on any atom is 0.191 e. The molecule has 0 radical (unpaired) electrons. The lowest BCUT2D eigenvalue weighted by atomic mass is 10.1. The zero-order valence-corrected chi connectivity index (χ0v) is 12.9. The molecule has 1 fully saturated rings. The number of nitrogens with zero attached hydrogens (tertiary/aromatic N) is 4. The van der Waals surface area contributed by atoms with Crippen LogP contribution in [0.4, 0.5) is 5.82 Å². The number of aliphatic hydroxyl groups is 3. The van der Waals surface area contributed by atoms with E-state index in [1.54, 1.807) is 6.08 Å². The Morgan fingerprint density at radius 2 is 2.17 bits per heavy atom. The number of hydrogen-bond acceptors (Lipinski definition) is 9. The first kappa shape index (κ1) is 16.1. The average molecular weight is 339 g/mol. The molecule has 0 aliphatic carbocycles. The van der Waals surface area contributed by atoms with Gasteiger partial charge in [-0.1, -0.05) is 17.8 Å². The number of ether oxygens (including phenoxy) is 1. The van der Waals surface area contributed by atoms with Crippen LogP contribution in [-0.2, 0) is 4.74 Å². The predicted octanol–water partition coefficient (Wildman–Crippen LogP) is -0.702. The van der Waals surface area contributed by atoms with Gasteiger partial charge in [-0.3, -0.25) is 4.57 Å². The van der Waals surface area contributed by atoms with Crippen LogP contribution in [0.15, 0.2) is 24.1 Å². The first-order valence-corrected chi connectivity index (χ1v) is 7.91. The van der Waals surface area contributed by atoms with Crippen molar-refractivity contribution in [2.75, 3.05) is 18.1 Å². The van der Waals surface area contributed by atoms with Gasteiger partial charge in [-0.15, -0.1) is 6.58 Å². The molecule has 10 heteroatoms. The summed E-state index contributed by atoms with van der Waals surface area (Å²) in [5, 5.41) is 29.7. The summed E-state index contributed by atoms with van der Waals surface area (Å²) in [7, 11) is 0. The third-order valence-corrected chi connectivity index (χ3v) is 4.39. The van der Waals surface area contributed by atoms with Gasteiger partial charge in [0.1, 0.15) is 23.8 Å². The fourth-order valence-corrected chi connectivity index (χ4v) is 2.99. The molecular weight excluding hydrogens is 322 g/mol. The largest absolute Gasteiger partial charge is 0.394 e. The zero-order chi connectivity index (χ0) is 16.6. The number of aromatic nitrogens is 4. The normalized spacial score (nSPS) is 27.6. The molecule has 0 unspecified atom stereocenters. The Morgan fingerprint density at radius 3 is 2.83 bits per heavy atom. The van der Waals surface area contributed by atoms with Crippen LogP contribution in [0.3, 0.4) is 0 Å². The highest BCUT2D eigenvalue weighted by atomic mass is 32.2. The third-order valence-electron chi connectivity index (χ3n) is 3.55. The molecule has 0 bridgehead atoms. The summed E-state index contributed by atoms with van der Waals surface area (Å²) in [5.41, 5.74) is 6.67. The summed E-state index contributed by atoms with van der Waals surface area (Å²) in [6.07, 6.45) is -1.07. The van der Waals surface area contributed by atoms with Gasteiger partial charge in [0.05, 0.1) is 12.9 Å². The van der Waals surface area contributed by atoms with Crippen LogP contribution in [0.5, 0.6) is 0 Å². The molecule has 4 atom stereocenters. The Bertz CT molecular complexity index is 724. The highest BCUT2D eigenvalue weighted by molar-refractivity contribution is 7.99.